The Morgan fingerprint density at radius 2 is 2.00 bits per heavy atom. The minimum Gasteiger partial charge on any atom is -0.393 e. The number of aliphatic hydroxyl groups excluding tert-OH is 1. The fourth-order valence-electron chi connectivity index (χ4n) is 0.869. The average molecular weight is 188 g/mol. The Hall–Kier alpha value is -1.30. The van der Waals surface area contributed by atoms with E-state index in [4.69, 9.17) is 17.2 Å². The van der Waals surface area contributed by atoms with Gasteiger partial charge in [-0.25, -0.2) is 0 Å². The number of hydrogen-bond donors (Lipinski definition) is 4. The van der Waals surface area contributed by atoms with Crippen LogP contribution >= 0.6 is 0 Å². The molecular formula is C7H16N4O2. The zero-order chi connectivity index (χ0) is 10.3. The molecule has 6 heteroatoms. The standard InChI is InChI=1S/C7H16N4O2/c8-6(13)4-5(12)2-1-3-11-7(9)10/h5,12H,1-4H2,(H2,8,13)(H4,9,10,11). The second-order valence-electron chi connectivity index (χ2n) is 2.77. The van der Waals surface area contributed by atoms with E-state index in [-0.39, 0.29) is 12.4 Å². The number of carbonyl (C=O) groups is 1. The SMILES string of the molecule is NC(=O)CC(O)CCCN=C(N)N. The van der Waals surface area contributed by atoms with Gasteiger partial charge in [0.2, 0.25) is 5.91 Å². The normalized spacial score (nSPS) is 12.1. The largest absolute Gasteiger partial charge is 0.393 e. The summed E-state index contributed by atoms with van der Waals surface area (Å²) in [5.74, 6) is -0.473. The molecule has 0 saturated heterocycles. The van der Waals surface area contributed by atoms with E-state index in [9.17, 15) is 9.90 Å². The van der Waals surface area contributed by atoms with Crippen molar-refractivity contribution >= 4 is 11.9 Å². The molecule has 0 saturated carbocycles. The number of nitrogens with zero attached hydrogens (tertiary/aromatic N) is 1. The lowest BCUT2D eigenvalue weighted by Crippen LogP contribution is -2.23. The lowest BCUT2D eigenvalue weighted by molar-refractivity contribution is -0.119. The monoisotopic (exact) mass is 188 g/mol. The van der Waals surface area contributed by atoms with Crippen LogP contribution in [0.5, 0.6) is 0 Å². The maximum atomic E-state index is 10.3. The minimum absolute atomic E-state index is 0.0121. The van der Waals surface area contributed by atoms with Gasteiger partial charge in [-0.15, -0.1) is 0 Å². The van der Waals surface area contributed by atoms with Crippen LogP contribution in [0.4, 0.5) is 0 Å². The second-order valence-corrected chi connectivity index (χ2v) is 2.77. The van der Waals surface area contributed by atoms with Crippen molar-refractivity contribution in [3.05, 3.63) is 0 Å². The summed E-state index contributed by atoms with van der Waals surface area (Å²) < 4.78 is 0. The first kappa shape index (κ1) is 11.7. The van der Waals surface area contributed by atoms with Crippen LogP contribution in [-0.4, -0.2) is 29.6 Å². The Morgan fingerprint density at radius 3 is 2.46 bits per heavy atom. The van der Waals surface area contributed by atoms with E-state index in [2.05, 4.69) is 4.99 Å². The van der Waals surface area contributed by atoms with E-state index in [1.165, 1.54) is 0 Å². The first-order chi connectivity index (χ1) is 6.02. The van der Waals surface area contributed by atoms with E-state index in [1.807, 2.05) is 0 Å². The van der Waals surface area contributed by atoms with Crippen LogP contribution in [-0.2, 0) is 4.79 Å². The van der Waals surface area contributed by atoms with Crippen molar-refractivity contribution in [1.82, 2.24) is 0 Å². The van der Waals surface area contributed by atoms with Gasteiger partial charge in [0.25, 0.3) is 0 Å². The Labute approximate surface area is 76.8 Å². The van der Waals surface area contributed by atoms with Crippen LogP contribution < -0.4 is 17.2 Å². The Kier molecular flexibility index (Phi) is 5.62. The lowest BCUT2D eigenvalue weighted by atomic mass is 10.1. The fourth-order valence-corrected chi connectivity index (χ4v) is 0.869. The number of amides is 1. The topological polar surface area (TPSA) is 128 Å². The van der Waals surface area contributed by atoms with Gasteiger partial charge in [-0.05, 0) is 12.8 Å². The summed E-state index contributed by atoms with van der Waals surface area (Å²) in [6.45, 7) is 0.457. The maximum Gasteiger partial charge on any atom is 0.220 e. The minimum atomic E-state index is -0.688. The lowest BCUT2D eigenvalue weighted by Gasteiger charge is -2.05. The molecular weight excluding hydrogens is 172 g/mol. The summed E-state index contributed by atoms with van der Waals surface area (Å²) in [6.07, 6.45) is 0.403. The van der Waals surface area contributed by atoms with Crippen molar-refractivity contribution in [2.45, 2.75) is 25.4 Å². The fraction of sp³-hybridized carbons (Fsp3) is 0.714. The number of aliphatic hydroxyl groups is 1. The summed E-state index contributed by atoms with van der Waals surface area (Å²) >= 11 is 0. The van der Waals surface area contributed by atoms with Crippen molar-refractivity contribution in [2.24, 2.45) is 22.2 Å². The van der Waals surface area contributed by atoms with E-state index in [1.54, 1.807) is 0 Å². The molecule has 13 heavy (non-hydrogen) atoms. The van der Waals surface area contributed by atoms with Crippen LogP contribution in [0.1, 0.15) is 19.3 Å². The zero-order valence-electron chi connectivity index (χ0n) is 7.44. The molecule has 0 fully saturated rings. The zero-order valence-corrected chi connectivity index (χ0v) is 7.44. The molecule has 0 aliphatic rings. The predicted octanol–water partition coefficient (Wildman–Crippen LogP) is -1.72. The quantitative estimate of drug-likeness (QED) is 0.224. The van der Waals surface area contributed by atoms with Gasteiger partial charge in [0.05, 0.1) is 12.5 Å². The highest BCUT2D eigenvalue weighted by molar-refractivity contribution is 5.75. The molecule has 6 nitrogen and oxygen atoms in total. The molecule has 76 valence electrons. The molecule has 0 rings (SSSR count). The van der Waals surface area contributed by atoms with Gasteiger partial charge in [0.1, 0.15) is 0 Å². The van der Waals surface area contributed by atoms with E-state index >= 15 is 0 Å². The van der Waals surface area contributed by atoms with Gasteiger partial charge in [-0.3, -0.25) is 9.79 Å². The van der Waals surface area contributed by atoms with Gasteiger partial charge < -0.3 is 22.3 Å². The number of guanidine groups is 1. The molecule has 7 N–H and O–H groups in total. The molecule has 0 aromatic rings. The molecule has 1 atom stereocenters. The third kappa shape index (κ3) is 8.61. The molecule has 1 amide bonds. The number of nitrogens with two attached hydrogens (primary N) is 3. The molecule has 0 bridgehead atoms. The highest BCUT2D eigenvalue weighted by Gasteiger charge is 2.06. The number of primary amides is 1. The van der Waals surface area contributed by atoms with Gasteiger partial charge in [0, 0.05) is 6.54 Å². The third-order valence-electron chi connectivity index (χ3n) is 1.43. The summed E-state index contributed by atoms with van der Waals surface area (Å²) in [5.41, 5.74) is 15.0. The van der Waals surface area contributed by atoms with Crippen molar-refractivity contribution in [3.8, 4) is 0 Å². The Balaban J connectivity index is 3.42. The van der Waals surface area contributed by atoms with E-state index in [0.29, 0.717) is 19.4 Å². The van der Waals surface area contributed by atoms with Gasteiger partial charge >= 0.3 is 0 Å². The van der Waals surface area contributed by atoms with E-state index < -0.39 is 12.0 Å². The molecule has 0 aromatic heterocycles. The molecule has 0 radical (unpaired) electrons. The Bertz CT molecular complexity index is 189. The first-order valence-corrected chi connectivity index (χ1v) is 4.04. The number of hydrogen-bond acceptors (Lipinski definition) is 3. The number of carbonyl (C=O) groups excluding carboxylic acids is 1. The third-order valence-corrected chi connectivity index (χ3v) is 1.43. The van der Waals surface area contributed by atoms with Gasteiger partial charge in [-0.2, -0.15) is 0 Å². The van der Waals surface area contributed by atoms with E-state index in [0.717, 1.165) is 0 Å². The Morgan fingerprint density at radius 1 is 1.38 bits per heavy atom. The van der Waals surface area contributed by atoms with Crippen LogP contribution in [0.25, 0.3) is 0 Å². The van der Waals surface area contributed by atoms with Gasteiger partial charge in [0.15, 0.2) is 5.96 Å². The summed E-state index contributed by atoms with van der Waals surface area (Å²) in [7, 11) is 0. The molecule has 0 heterocycles. The smallest absolute Gasteiger partial charge is 0.220 e. The van der Waals surface area contributed by atoms with Crippen molar-refractivity contribution in [2.75, 3.05) is 6.54 Å². The van der Waals surface area contributed by atoms with Crippen molar-refractivity contribution in [1.29, 1.82) is 0 Å². The molecule has 0 spiro atoms. The van der Waals surface area contributed by atoms with Crippen LogP contribution in [0, 0.1) is 0 Å². The molecule has 0 aromatic carbocycles. The molecule has 1 unspecified atom stereocenters. The first-order valence-electron chi connectivity index (χ1n) is 4.04. The highest BCUT2D eigenvalue weighted by Crippen LogP contribution is 2.00. The number of aliphatic imine (C=N–C) groups is 1. The molecule has 0 aliphatic carbocycles. The van der Waals surface area contributed by atoms with Gasteiger partial charge in [-0.1, -0.05) is 0 Å². The maximum absolute atomic E-state index is 10.3. The van der Waals surface area contributed by atoms with Crippen LogP contribution in [0.15, 0.2) is 4.99 Å². The predicted molar refractivity (Wildman–Crippen MR) is 49.7 cm³/mol. The molecule has 0 aliphatic heterocycles. The van der Waals surface area contributed by atoms with Crippen molar-refractivity contribution in [3.63, 3.8) is 0 Å². The van der Waals surface area contributed by atoms with Crippen LogP contribution in [0.2, 0.25) is 0 Å². The summed E-state index contributed by atoms with van der Waals surface area (Å²) in [6, 6.07) is 0. The van der Waals surface area contributed by atoms with Crippen molar-refractivity contribution < 1.29 is 9.90 Å². The summed E-state index contributed by atoms with van der Waals surface area (Å²) in [5, 5.41) is 9.17. The highest BCUT2D eigenvalue weighted by atomic mass is 16.3. The average Bonchev–Trinajstić information content (AvgIpc) is 1.96. The second kappa shape index (κ2) is 6.24. The number of rotatable bonds is 6. The summed E-state index contributed by atoms with van der Waals surface area (Å²) in [4.78, 5) is 14.1. The van der Waals surface area contributed by atoms with Crippen LogP contribution in [0.3, 0.4) is 0 Å².